The van der Waals surface area contributed by atoms with Gasteiger partial charge in [0.1, 0.15) is 24.2 Å². The quantitative estimate of drug-likeness (QED) is 0.579. The molecule has 2 saturated heterocycles. The number of piperidine rings is 1. The summed E-state index contributed by atoms with van der Waals surface area (Å²) >= 11 is 0. The van der Waals surface area contributed by atoms with Crippen molar-refractivity contribution in [2.24, 2.45) is 0 Å². The summed E-state index contributed by atoms with van der Waals surface area (Å²) in [6, 6.07) is 4.52. The Morgan fingerprint density at radius 1 is 1.13 bits per heavy atom. The van der Waals surface area contributed by atoms with Crippen LogP contribution in [0.1, 0.15) is 59.4 Å². The summed E-state index contributed by atoms with van der Waals surface area (Å²) in [6.07, 6.45) is 5.67. The van der Waals surface area contributed by atoms with Crippen molar-refractivity contribution in [3.63, 3.8) is 0 Å². The maximum Gasteiger partial charge on any atom is 0.274 e. The van der Waals surface area contributed by atoms with Gasteiger partial charge in [-0.1, -0.05) is 6.42 Å². The molecular formula is C28H37FN4O5. The average Bonchev–Trinajstić information content (AvgIpc) is 3.09. The molecule has 5 rings (SSSR count). The van der Waals surface area contributed by atoms with E-state index >= 15 is 0 Å². The number of carbonyl (C=O) groups excluding carboxylic acids is 2. The zero-order valence-corrected chi connectivity index (χ0v) is 22.0. The molecule has 1 aliphatic carbocycles. The number of carbonyl (C=O) groups is 2. The molecule has 1 N–H and O–H groups in total. The van der Waals surface area contributed by atoms with Crippen molar-refractivity contribution in [2.75, 3.05) is 39.4 Å². The number of amides is 2. The minimum Gasteiger partial charge on any atom is -0.490 e. The van der Waals surface area contributed by atoms with Crippen LogP contribution in [0.5, 0.6) is 5.75 Å². The topological polar surface area (TPSA) is 97.1 Å². The standard InChI is InChI=1S/C28H37FN4O5/c1-19-15-20(29)7-8-25(19)38-21-9-11-31(12-10-21)26(35)17-33-24-6-4-2-3-5-23(24)27(30-33)28(36)32-13-14-37-22(16-32)18-34/h7-8,15,21-22,34H,2-6,9-14,16-18H2,1H3/t22-/m0/s1. The van der Waals surface area contributed by atoms with Gasteiger partial charge >= 0.3 is 0 Å². The number of rotatable bonds is 6. The predicted octanol–water partition coefficient (Wildman–Crippen LogP) is 2.50. The number of nitrogens with zero attached hydrogens (tertiary/aromatic N) is 4. The number of hydrogen-bond donors (Lipinski definition) is 1. The first-order valence-corrected chi connectivity index (χ1v) is 13.7. The molecule has 0 unspecified atom stereocenters. The lowest BCUT2D eigenvalue weighted by atomic mass is 10.1. The van der Waals surface area contributed by atoms with E-state index in [1.165, 1.54) is 12.1 Å². The van der Waals surface area contributed by atoms with E-state index in [0.29, 0.717) is 57.1 Å². The number of likely N-dealkylation sites (tertiary alicyclic amines) is 1. The second kappa shape index (κ2) is 11.8. The SMILES string of the molecule is Cc1cc(F)ccc1OC1CCN(C(=O)Cn2nc(C(=O)N3CCO[C@H](CO)C3)c3c2CCCCC3)CC1. The number of morpholine rings is 1. The summed E-state index contributed by atoms with van der Waals surface area (Å²) in [5, 5.41) is 14.2. The molecule has 0 radical (unpaired) electrons. The Kier molecular flexibility index (Phi) is 8.28. The Balaban J connectivity index is 1.24. The summed E-state index contributed by atoms with van der Waals surface area (Å²) in [7, 11) is 0. The Labute approximate surface area is 222 Å². The number of fused-ring (bicyclic) bond motifs is 1. The molecule has 2 amide bonds. The predicted molar refractivity (Wildman–Crippen MR) is 138 cm³/mol. The number of hydrogen-bond acceptors (Lipinski definition) is 6. The van der Waals surface area contributed by atoms with Crippen molar-refractivity contribution in [3.8, 4) is 5.75 Å². The van der Waals surface area contributed by atoms with Gasteiger partial charge in [-0.3, -0.25) is 14.3 Å². The van der Waals surface area contributed by atoms with Gasteiger partial charge in [-0.25, -0.2) is 4.39 Å². The van der Waals surface area contributed by atoms with Crippen LogP contribution in [0.15, 0.2) is 18.2 Å². The third-order valence-electron chi connectivity index (χ3n) is 7.85. The maximum absolute atomic E-state index is 13.5. The third kappa shape index (κ3) is 5.86. The van der Waals surface area contributed by atoms with Gasteiger partial charge < -0.3 is 24.4 Å². The van der Waals surface area contributed by atoms with E-state index in [1.54, 1.807) is 15.6 Å². The lowest BCUT2D eigenvalue weighted by Gasteiger charge is -2.32. The Hall–Kier alpha value is -2.98. The summed E-state index contributed by atoms with van der Waals surface area (Å²) in [5.41, 5.74) is 3.16. The normalized spacial score (nSPS) is 20.7. The summed E-state index contributed by atoms with van der Waals surface area (Å²) in [5.74, 6) is 0.237. The monoisotopic (exact) mass is 528 g/mol. The number of aliphatic hydroxyl groups is 1. The number of ether oxygens (including phenoxy) is 2. The molecule has 0 bridgehead atoms. The van der Waals surface area contributed by atoms with Gasteiger partial charge in [0, 0.05) is 50.3 Å². The highest BCUT2D eigenvalue weighted by Gasteiger charge is 2.32. The molecule has 2 aliphatic heterocycles. The van der Waals surface area contributed by atoms with Gasteiger partial charge in [-0.2, -0.15) is 5.10 Å². The van der Waals surface area contributed by atoms with Crippen molar-refractivity contribution in [1.29, 1.82) is 0 Å². The van der Waals surface area contributed by atoms with E-state index in [2.05, 4.69) is 0 Å². The van der Waals surface area contributed by atoms with Gasteiger partial charge in [0.05, 0.1) is 19.3 Å². The fraction of sp³-hybridized carbons (Fsp3) is 0.607. The summed E-state index contributed by atoms with van der Waals surface area (Å²) in [4.78, 5) is 30.3. The second-order valence-corrected chi connectivity index (χ2v) is 10.5. The molecule has 0 spiro atoms. The van der Waals surface area contributed by atoms with Gasteiger partial charge in [0.2, 0.25) is 5.91 Å². The summed E-state index contributed by atoms with van der Waals surface area (Å²) in [6.45, 7) is 4.15. The van der Waals surface area contributed by atoms with Crippen molar-refractivity contribution in [3.05, 3.63) is 46.5 Å². The molecule has 0 saturated carbocycles. The minimum atomic E-state index is -0.381. The molecule has 1 aromatic carbocycles. The maximum atomic E-state index is 13.5. The third-order valence-corrected chi connectivity index (χ3v) is 7.85. The van der Waals surface area contributed by atoms with Crippen LogP contribution >= 0.6 is 0 Å². The summed E-state index contributed by atoms with van der Waals surface area (Å²) < 4.78 is 26.8. The second-order valence-electron chi connectivity index (χ2n) is 10.5. The first-order chi connectivity index (χ1) is 18.4. The molecule has 2 aromatic rings. The van der Waals surface area contributed by atoms with Crippen LogP contribution in [0, 0.1) is 12.7 Å². The van der Waals surface area contributed by atoms with Gasteiger partial charge in [-0.05, 0) is 56.4 Å². The number of aromatic nitrogens is 2. The van der Waals surface area contributed by atoms with Crippen molar-refractivity contribution in [1.82, 2.24) is 19.6 Å². The fourth-order valence-corrected chi connectivity index (χ4v) is 5.69. The van der Waals surface area contributed by atoms with E-state index < -0.39 is 0 Å². The smallest absolute Gasteiger partial charge is 0.274 e. The first kappa shape index (κ1) is 26.6. The highest BCUT2D eigenvalue weighted by molar-refractivity contribution is 5.94. The molecule has 206 valence electrons. The number of benzene rings is 1. The molecule has 3 heterocycles. The van der Waals surface area contributed by atoms with E-state index in [9.17, 15) is 19.1 Å². The Bertz CT molecular complexity index is 1160. The highest BCUT2D eigenvalue weighted by atomic mass is 19.1. The minimum absolute atomic E-state index is 0.0123. The van der Waals surface area contributed by atoms with Crippen LogP contribution in [0.3, 0.4) is 0 Å². The average molecular weight is 529 g/mol. The largest absolute Gasteiger partial charge is 0.490 e. The molecule has 38 heavy (non-hydrogen) atoms. The fourth-order valence-electron chi connectivity index (χ4n) is 5.69. The highest BCUT2D eigenvalue weighted by Crippen LogP contribution is 2.27. The van der Waals surface area contributed by atoms with Crippen molar-refractivity contribution < 1.29 is 28.6 Å². The number of aliphatic hydroxyl groups excluding tert-OH is 1. The molecular weight excluding hydrogens is 491 g/mol. The van der Waals surface area contributed by atoms with Crippen LogP contribution in [-0.2, 0) is 28.9 Å². The zero-order valence-electron chi connectivity index (χ0n) is 22.0. The van der Waals surface area contributed by atoms with Gasteiger partial charge in [0.15, 0.2) is 5.69 Å². The van der Waals surface area contributed by atoms with E-state index in [0.717, 1.165) is 48.9 Å². The van der Waals surface area contributed by atoms with E-state index in [-0.39, 0.29) is 43.0 Å². The van der Waals surface area contributed by atoms with Crippen LogP contribution in [0.4, 0.5) is 4.39 Å². The lowest BCUT2D eigenvalue weighted by molar-refractivity contribution is -0.133. The zero-order chi connectivity index (χ0) is 26.6. The molecule has 1 atom stereocenters. The van der Waals surface area contributed by atoms with Gasteiger partial charge in [-0.15, -0.1) is 0 Å². The first-order valence-electron chi connectivity index (χ1n) is 13.7. The van der Waals surface area contributed by atoms with Crippen molar-refractivity contribution in [2.45, 2.75) is 70.6 Å². The Morgan fingerprint density at radius 3 is 2.68 bits per heavy atom. The Morgan fingerprint density at radius 2 is 1.92 bits per heavy atom. The molecule has 1 aromatic heterocycles. The molecule has 9 nitrogen and oxygen atoms in total. The van der Waals surface area contributed by atoms with Crippen molar-refractivity contribution >= 4 is 11.8 Å². The lowest BCUT2D eigenvalue weighted by Crippen LogP contribution is -2.47. The molecule has 10 heteroatoms. The number of aryl methyl sites for hydroxylation is 1. The van der Waals surface area contributed by atoms with Crippen LogP contribution in [0.2, 0.25) is 0 Å². The van der Waals surface area contributed by atoms with E-state index in [4.69, 9.17) is 14.6 Å². The molecule has 2 fully saturated rings. The van der Waals surface area contributed by atoms with Crippen LogP contribution < -0.4 is 4.74 Å². The van der Waals surface area contributed by atoms with Gasteiger partial charge in [0.25, 0.3) is 5.91 Å². The van der Waals surface area contributed by atoms with Crippen LogP contribution in [0.25, 0.3) is 0 Å². The van der Waals surface area contributed by atoms with E-state index in [1.807, 2.05) is 11.8 Å². The number of halogens is 1. The van der Waals surface area contributed by atoms with Crippen LogP contribution in [-0.4, -0.2) is 88.1 Å². The molecule has 3 aliphatic rings.